The van der Waals surface area contributed by atoms with E-state index in [1.54, 1.807) is 0 Å². The number of rotatable bonds is 8. The Balaban J connectivity index is 1.30. The largest absolute Gasteiger partial charge is 0.310 e. The van der Waals surface area contributed by atoms with Crippen LogP contribution in [0.5, 0.6) is 0 Å². The monoisotopic (exact) mass is 826 g/mol. The van der Waals surface area contributed by atoms with Gasteiger partial charge in [-0.3, -0.25) is 0 Å². The van der Waals surface area contributed by atoms with Crippen molar-refractivity contribution in [3.63, 3.8) is 0 Å². The van der Waals surface area contributed by atoms with Crippen LogP contribution in [0.3, 0.4) is 0 Å². The van der Waals surface area contributed by atoms with Crippen molar-refractivity contribution in [2.75, 3.05) is 9.80 Å². The fourth-order valence-electron chi connectivity index (χ4n) is 9.32. The lowest BCUT2D eigenvalue weighted by molar-refractivity contribution is 0.590. The zero-order chi connectivity index (χ0) is 44.0. The third kappa shape index (κ3) is 7.71. The summed E-state index contributed by atoms with van der Waals surface area (Å²) >= 11 is 0. The molecule has 0 radical (unpaired) electrons. The number of anilines is 6. The fraction of sp³-hybridized carbons (Fsp3) is 0.129. The molecule has 0 heterocycles. The standard InChI is InChI=1S/C62H54N2/c1-61(2,3)47-31-26-44(27-32-47)59-56-39-37-54(64(51-24-14-9-15-25-51)52-35-30-43-18-16-17-19-46(43)40-52)42-58(56)60(45-28-33-48(34-29-45)62(4,5)6)55-38-36-53(41-57(55)59)63(49-20-10-7-11-21-49)50-22-12-8-13-23-50/h7-42H,1-6H3. The highest BCUT2D eigenvalue weighted by Gasteiger charge is 2.23. The zero-order valence-corrected chi connectivity index (χ0v) is 37.7. The maximum atomic E-state index is 2.44. The average molecular weight is 827 g/mol. The third-order valence-corrected chi connectivity index (χ3v) is 12.7. The van der Waals surface area contributed by atoms with E-state index < -0.39 is 0 Å². The summed E-state index contributed by atoms with van der Waals surface area (Å²) in [6.45, 7) is 13.7. The van der Waals surface area contributed by atoms with Crippen molar-refractivity contribution < 1.29 is 0 Å². The maximum absolute atomic E-state index is 2.44. The van der Waals surface area contributed by atoms with E-state index in [2.05, 4.69) is 270 Å². The molecule has 0 aliphatic carbocycles. The van der Waals surface area contributed by atoms with Gasteiger partial charge >= 0.3 is 0 Å². The minimum atomic E-state index is 0.0299. The van der Waals surface area contributed by atoms with Crippen LogP contribution in [0.15, 0.2) is 218 Å². The van der Waals surface area contributed by atoms with Crippen LogP contribution < -0.4 is 9.80 Å². The SMILES string of the molecule is CC(C)(C)c1ccc(-c2c3ccc(N(c4ccccc4)c4ccc5ccccc5c4)cc3c(-c3ccc(C(C)(C)C)cc3)c3ccc(N(c4ccccc4)c4ccccc4)cc23)cc1. The summed E-state index contributed by atoms with van der Waals surface area (Å²) in [5, 5.41) is 7.28. The maximum Gasteiger partial charge on any atom is 0.0468 e. The van der Waals surface area contributed by atoms with E-state index in [-0.39, 0.29) is 10.8 Å². The van der Waals surface area contributed by atoms with Crippen molar-refractivity contribution in [2.24, 2.45) is 0 Å². The van der Waals surface area contributed by atoms with Gasteiger partial charge in [0.2, 0.25) is 0 Å². The van der Waals surface area contributed by atoms with Crippen LogP contribution >= 0.6 is 0 Å². The molecule has 0 saturated carbocycles. The summed E-state index contributed by atoms with van der Waals surface area (Å²) < 4.78 is 0. The topological polar surface area (TPSA) is 6.48 Å². The van der Waals surface area contributed by atoms with Crippen molar-refractivity contribution >= 4 is 66.4 Å². The Labute approximate surface area is 378 Å². The molecule has 64 heavy (non-hydrogen) atoms. The fourth-order valence-corrected chi connectivity index (χ4v) is 9.32. The predicted octanol–water partition coefficient (Wildman–Crippen LogP) is 18.0. The predicted molar refractivity (Wildman–Crippen MR) is 277 cm³/mol. The molecule has 2 heteroatoms. The van der Waals surface area contributed by atoms with Gasteiger partial charge in [-0.1, -0.05) is 187 Å². The van der Waals surface area contributed by atoms with E-state index >= 15 is 0 Å². The van der Waals surface area contributed by atoms with Gasteiger partial charge in [-0.05, 0) is 149 Å². The minimum Gasteiger partial charge on any atom is -0.310 e. The Hall–Kier alpha value is -7.42. The normalized spacial score (nSPS) is 11.9. The van der Waals surface area contributed by atoms with Gasteiger partial charge in [-0.15, -0.1) is 0 Å². The Morgan fingerprint density at radius 3 is 1.02 bits per heavy atom. The molecule has 0 unspecified atom stereocenters. The first-order valence-electron chi connectivity index (χ1n) is 22.5. The molecule has 0 amide bonds. The molecule has 0 spiro atoms. The lowest BCUT2D eigenvalue weighted by atomic mass is 9.82. The highest BCUT2D eigenvalue weighted by atomic mass is 15.1. The molecule has 10 aromatic carbocycles. The third-order valence-electron chi connectivity index (χ3n) is 12.7. The van der Waals surface area contributed by atoms with Crippen LogP contribution in [0.4, 0.5) is 34.1 Å². The number of para-hydroxylation sites is 3. The first-order chi connectivity index (χ1) is 31.0. The van der Waals surface area contributed by atoms with Gasteiger partial charge < -0.3 is 9.80 Å². The highest BCUT2D eigenvalue weighted by Crippen LogP contribution is 2.49. The lowest BCUT2D eigenvalue weighted by Crippen LogP contribution is -2.11. The summed E-state index contributed by atoms with van der Waals surface area (Å²) in [5.41, 5.74) is 14.2. The van der Waals surface area contributed by atoms with Crippen LogP contribution in [-0.2, 0) is 10.8 Å². The minimum absolute atomic E-state index is 0.0299. The van der Waals surface area contributed by atoms with Gasteiger partial charge in [0.15, 0.2) is 0 Å². The number of hydrogen-bond donors (Lipinski definition) is 0. The summed E-state index contributed by atoms with van der Waals surface area (Å²) in [7, 11) is 0. The number of benzene rings is 10. The lowest BCUT2D eigenvalue weighted by Gasteiger charge is -2.28. The Morgan fingerprint density at radius 2 is 0.609 bits per heavy atom. The quantitative estimate of drug-likeness (QED) is 0.141. The van der Waals surface area contributed by atoms with Crippen molar-refractivity contribution in [2.45, 2.75) is 52.4 Å². The second kappa shape index (κ2) is 16.4. The van der Waals surface area contributed by atoms with Gasteiger partial charge in [0, 0.05) is 34.1 Å². The number of nitrogens with zero attached hydrogens (tertiary/aromatic N) is 2. The summed E-state index contributed by atoms with van der Waals surface area (Å²) in [6.07, 6.45) is 0. The van der Waals surface area contributed by atoms with Crippen LogP contribution in [0.2, 0.25) is 0 Å². The van der Waals surface area contributed by atoms with Crippen LogP contribution in [0, 0.1) is 0 Å². The molecule has 0 aliphatic heterocycles. The Kier molecular flexibility index (Phi) is 10.4. The van der Waals surface area contributed by atoms with Gasteiger partial charge in [-0.25, -0.2) is 0 Å². The molecule has 0 aromatic heterocycles. The van der Waals surface area contributed by atoms with Gasteiger partial charge in [0.1, 0.15) is 0 Å². The molecule has 0 saturated heterocycles. The first kappa shape index (κ1) is 40.6. The molecular formula is C62H54N2. The highest BCUT2D eigenvalue weighted by molar-refractivity contribution is 6.22. The van der Waals surface area contributed by atoms with Crippen molar-refractivity contribution in [3.05, 3.63) is 230 Å². The average Bonchev–Trinajstić information content (AvgIpc) is 3.31. The molecule has 0 aliphatic rings. The molecule has 10 aromatic rings. The number of fused-ring (bicyclic) bond motifs is 3. The molecule has 2 nitrogen and oxygen atoms in total. The molecule has 0 N–H and O–H groups in total. The van der Waals surface area contributed by atoms with E-state index in [1.807, 2.05) is 0 Å². The van der Waals surface area contributed by atoms with Crippen LogP contribution in [-0.4, -0.2) is 0 Å². The van der Waals surface area contributed by atoms with Crippen molar-refractivity contribution in [1.29, 1.82) is 0 Å². The van der Waals surface area contributed by atoms with Gasteiger partial charge in [-0.2, -0.15) is 0 Å². The van der Waals surface area contributed by atoms with E-state index in [4.69, 9.17) is 0 Å². The van der Waals surface area contributed by atoms with E-state index in [0.717, 1.165) is 34.1 Å². The Morgan fingerprint density at radius 1 is 0.266 bits per heavy atom. The van der Waals surface area contributed by atoms with Crippen LogP contribution in [0.25, 0.3) is 54.6 Å². The van der Waals surface area contributed by atoms with Crippen LogP contribution in [0.1, 0.15) is 52.7 Å². The molecule has 0 bridgehead atoms. The zero-order valence-electron chi connectivity index (χ0n) is 37.7. The molecular weight excluding hydrogens is 773 g/mol. The van der Waals surface area contributed by atoms with E-state index in [9.17, 15) is 0 Å². The summed E-state index contributed by atoms with van der Waals surface area (Å²) in [4.78, 5) is 4.78. The van der Waals surface area contributed by atoms with Crippen molar-refractivity contribution in [1.82, 2.24) is 0 Å². The van der Waals surface area contributed by atoms with E-state index in [0.29, 0.717) is 0 Å². The molecule has 0 atom stereocenters. The van der Waals surface area contributed by atoms with Gasteiger partial charge in [0.05, 0.1) is 0 Å². The van der Waals surface area contributed by atoms with Crippen molar-refractivity contribution in [3.8, 4) is 22.3 Å². The second-order valence-electron chi connectivity index (χ2n) is 19.1. The summed E-state index contributed by atoms with van der Waals surface area (Å²) in [5.74, 6) is 0. The molecule has 0 fully saturated rings. The Bertz CT molecular complexity index is 3210. The number of hydrogen-bond acceptors (Lipinski definition) is 2. The molecule has 312 valence electrons. The second-order valence-corrected chi connectivity index (χ2v) is 19.1. The van der Waals surface area contributed by atoms with E-state index in [1.165, 1.54) is 65.7 Å². The first-order valence-corrected chi connectivity index (χ1v) is 22.5. The van der Waals surface area contributed by atoms with Gasteiger partial charge in [0.25, 0.3) is 0 Å². The molecule has 10 rings (SSSR count). The smallest absolute Gasteiger partial charge is 0.0468 e. The summed E-state index contributed by atoms with van der Waals surface area (Å²) in [6, 6.07) is 80.5.